The number of aromatic nitrogens is 1. The van der Waals surface area contributed by atoms with E-state index in [0.29, 0.717) is 32.1 Å². The quantitative estimate of drug-likeness (QED) is 0.136. The molecule has 2 N–H and O–H groups in total. The second-order valence-electron chi connectivity index (χ2n) is 7.28. The fourth-order valence-corrected chi connectivity index (χ4v) is 5.04. The highest BCUT2D eigenvalue weighted by Gasteiger charge is 2.13. The summed E-state index contributed by atoms with van der Waals surface area (Å²) in [6.07, 6.45) is 0. The predicted molar refractivity (Wildman–Crippen MR) is 144 cm³/mol. The van der Waals surface area contributed by atoms with Gasteiger partial charge in [0.1, 0.15) is 0 Å². The topological polar surface area (TPSA) is 114 Å². The summed E-state index contributed by atoms with van der Waals surface area (Å²) in [5.74, 6) is -0.496. The maximum absolute atomic E-state index is 12.4. The molecule has 0 aliphatic rings. The van der Waals surface area contributed by atoms with Gasteiger partial charge in [0.25, 0.3) is 11.6 Å². The molecule has 0 bridgehead atoms. The summed E-state index contributed by atoms with van der Waals surface area (Å²) in [4.78, 5) is 40.3. The molecule has 0 saturated heterocycles. The smallest absolute Gasteiger partial charge is 0.269 e. The number of benzene rings is 3. The van der Waals surface area contributed by atoms with Gasteiger partial charge in [0.05, 0.1) is 21.4 Å². The minimum absolute atomic E-state index is 0.0917. The number of nitro groups is 1. The van der Waals surface area contributed by atoms with Crippen LogP contribution in [0.25, 0.3) is 11.3 Å². The van der Waals surface area contributed by atoms with E-state index in [9.17, 15) is 19.7 Å². The molecule has 2 amide bonds. The van der Waals surface area contributed by atoms with Crippen LogP contribution in [0.5, 0.6) is 0 Å². The molecule has 4 rings (SSSR count). The maximum atomic E-state index is 12.4. The van der Waals surface area contributed by atoms with Gasteiger partial charge in [-0.05, 0) is 48.5 Å². The summed E-state index contributed by atoms with van der Waals surface area (Å²) < 4.78 is 0. The van der Waals surface area contributed by atoms with Crippen LogP contribution >= 0.6 is 46.3 Å². The van der Waals surface area contributed by atoms with Gasteiger partial charge in [-0.2, -0.15) is 0 Å². The second kappa shape index (κ2) is 11.5. The average Bonchev–Trinajstić information content (AvgIpc) is 3.31. The standard InChI is InChI=1S/C24H16Cl2N4O4S2/c25-15-6-9-19(20(26)10-15)21-12-36-24(28-21)29-22(31)13-35-18-3-1-2-16(11-18)27-23(32)14-4-7-17(8-5-14)30(33)34/h1-12H,13H2,(H,27,32)(H,28,29,31). The number of nitrogens with one attached hydrogen (secondary N) is 2. The van der Waals surface area contributed by atoms with E-state index in [1.807, 2.05) is 6.07 Å². The van der Waals surface area contributed by atoms with Gasteiger partial charge in [-0.1, -0.05) is 29.3 Å². The Balaban J connectivity index is 1.32. The number of nitrogens with zero attached hydrogens (tertiary/aromatic N) is 2. The van der Waals surface area contributed by atoms with E-state index in [2.05, 4.69) is 15.6 Å². The highest BCUT2D eigenvalue weighted by atomic mass is 35.5. The molecule has 0 unspecified atom stereocenters. The minimum atomic E-state index is -0.527. The van der Waals surface area contributed by atoms with E-state index < -0.39 is 10.8 Å². The molecule has 1 heterocycles. The summed E-state index contributed by atoms with van der Waals surface area (Å²) in [5, 5.41) is 19.5. The van der Waals surface area contributed by atoms with Crippen LogP contribution in [0.4, 0.5) is 16.5 Å². The summed E-state index contributed by atoms with van der Waals surface area (Å²) in [7, 11) is 0. The fraction of sp³-hybridized carbons (Fsp3) is 0.0417. The Morgan fingerprint density at radius 1 is 1.03 bits per heavy atom. The lowest BCUT2D eigenvalue weighted by Crippen LogP contribution is -2.14. The van der Waals surface area contributed by atoms with Crippen molar-refractivity contribution in [1.29, 1.82) is 0 Å². The van der Waals surface area contributed by atoms with Crippen molar-refractivity contribution in [2.24, 2.45) is 0 Å². The molecule has 12 heteroatoms. The molecule has 36 heavy (non-hydrogen) atoms. The van der Waals surface area contributed by atoms with E-state index >= 15 is 0 Å². The van der Waals surface area contributed by atoms with Crippen molar-refractivity contribution in [3.63, 3.8) is 0 Å². The fourth-order valence-electron chi connectivity index (χ4n) is 3.06. The van der Waals surface area contributed by atoms with Gasteiger partial charge >= 0.3 is 0 Å². The molecular formula is C24H16Cl2N4O4S2. The van der Waals surface area contributed by atoms with Gasteiger partial charge in [-0.3, -0.25) is 19.7 Å². The third-order valence-electron chi connectivity index (χ3n) is 4.76. The zero-order chi connectivity index (χ0) is 25.7. The minimum Gasteiger partial charge on any atom is -0.322 e. The van der Waals surface area contributed by atoms with Crippen molar-refractivity contribution in [1.82, 2.24) is 4.98 Å². The molecule has 0 aliphatic carbocycles. The first-order valence-corrected chi connectivity index (χ1v) is 12.9. The number of carbonyl (C=O) groups is 2. The van der Waals surface area contributed by atoms with Crippen LogP contribution in [0.2, 0.25) is 10.0 Å². The summed E-state index contributed by atoms with van der Waals surface area (Å²) in [6.45, 7) is 0. The number of thioether (sulfide) groups is 1. The molecule has 8 nitrogen and oxygen atoms in total. The third kappa shape index (κ3) is 6.61. The maximum Gasteiger partial charge on any atom is 0.269 e. The lowest BCUT2D eigenvalue weighted by atomic mass is 10.2. The van der Waals surface area contributed by atoms with E-state index in [0.717, 1.165) is 10.5 Å². The van der Waals surface area contributed by atoms with E-state index in [1.54, 1.807) is 41.8 Å². The normalized spacial score (nSPS) is 10.6. The van der Waals surface area contributed by atoms with Crippen LogP contribution in [-0.2, 0) is 4.79 Å². The third-order valence-corrected chi connectivity index (χ3v) is 7.06. The Hall–Kier alpha value is -3.44. The summed E-state index contributed by atoms with van der Waals surface area (Å²) >= 11 is 14.8. The average molecular weight is 559 g/mol. The van der Waals surface area contributed by atoms with Crippen molar-refractivity contribution in [3.05, 3.63) is 97.8 Å². The molecular weight excluding hydrogens is 543 g/mol. The zero-order valence-corrected chi connectivity index (χ0v) is 21.4. The molecule has 0 atom stereocenters. The Morgan fingerprint density at radius 3 is 2.53 bits per heavy atom. The van der Waals surface area contributed by atoms with Gasteiger partial charge in [0.2, 0.25) is 5.91 Å². The van der Waals surface area contributed by atoms with E-state index in [-0.39, 0.29) is 17.3 Å². The SMILES string of the molecule is O=C(CSc1cccc(NC(=O)c2ccc([N+](=O)[O-])cc2)c1)Nc1nc(-c2ccc(Cl)cc2Cl)cs1. The summed E-state index contributed by atoms with van der Waals surface area (Å²) in [5.41, 5.74) is 2.10. The predicted octanol–water partition coefficient (Wildman–Crippen LogP) is 7.01. The molecule has 0 radical (unpaired) electrons. The van der Waals surface area contributed by atoms with Crippen molar-refractivity contribution in [2.45, 2.75) is 4.90 Å². The van der Waals surface area contributed by atoms with Gasteiger partial charge < -0.3 is 10.6 Å². The number of carbonyl (C=O) groups excluding carboxylic acids is 2. The number of hydrogen-bond donors (Lipinski definition) is 2. The Bertz CT molecular complexity index is 1440. The van der Waals surface area contributed by atoms with Gasteiger partial charge in [-0.15, -0.1) is 23.1 Å². The Morgan fingerprint density at radius 2 is 1.81 bits per heavy atom. The lowest BCUT2D eigenvalue weighted by molar-refractivity contribution is -0.384. The molecule has 0 spiro atoms. The molecule has 1 aromatic heterocycles. The second-order valence-corrected chi connectivity index (χ2v) is 10.0. The number of non-ortho nitro benzene ring substituents is 1. The molecule has 0 aliphatic heterocycles. The Kier molecular flexibility index (Phi) is 8.21. The number of thiazole rings is 1. The first kappa shape index (κ1) is 25.6. The molecule has 4 aromatic rings. The van der Waals surface area contributed by atoms with Crippen LogP contribution in [0.15, 0.2) is 77.0 Å². The van der Waals surface area contributed by atoms with Gasteiger partial charge in [0, 0.05) is 44.2 Å². The highest BCUT2D eigenvalue weighted by molar-refractivity contribution is 8.00. The number of anilines is 2. The van der Waals surface area contributed by atoms with Crippen LogP contribution in [0, 0.1) is 10.1 Å². The molecule has 182 valence electrons. The first-order valence-electron chi connectivity index (χ1n) is 10.3. The van der Waals surface area contributed by atoms with Crippen LogP contribution in [0.3, 0.4) is 0 Å². The molecule has 0 saturated carbocycles. The van der Waals surface area contributed by atoms with Crippen LogP contribution in [0.1, 0.15) is 10.4 Å². The lowest BCUT2D eigenvalue weighted by Gasteiger charge is -2.08. The Labute approximate surface area is 223 Å². The van der Waals surface area contributed by atoms with Crippen molar-refractivity contribution in [3.8, 4) is 11.3 Å². The van der Waals surface area contributed by atoms with E-state index in [1.165, 1.54) is 47.4 Å². The first-order chi connectivity index (χ1) is 17.3. The number of rotatable bonds is 8. The van der Waals surface area contributed by atoms with Gasteiger partial charge in [-0.25, -0.2) is 4.98 Å². The van der Waals surface area contributed by atoms with Crippen LogP contribution < -0.4 is 10.6 Å². The number of halogens is 2. The highest BCUT2D eigenvalue weighted by Crippen LogP contribution is 2.32. The zero-order valence-electron chi connectivity index (χ0n) is 18.2. The van der Waals surface area contributed by atoms with Crippen molar-refractivity contribution >= 4 is 74.6 Å². The van der Waals surface area contributed by atoms with E-state index in [4.69, 9.17) is 23.2 Å². The van der Waals surface area contributed by atoms with Crippen molar-refractivity contribution in [2.75, 3.05) is 16.4 Å². The monoisotopic (exact) mass is 558 g/mol. The molecule has 3 aromatic carbocycles. The van der Waals surface area contributed by atoms with Crippen LogP contribution in [-0.4, -0.2) is 27.5 Å². The van der Waals surface area contributed by atoms with Crippen molar-refractivity contribution < 1.29 is 14.5 Å². The number of nitro benzene ring substituents is 1. The van der Waals surface area contributed by atoms with Gasteiger partial charge in [0.15, 0.2) is 5.13 Å². The number of amides is 2. The number of hydrogen-bond acceptors (Lipinski definition) is 7. The summed E-state index contributed by atoms with van der Waals surface area (Å²) in [6, 6.07) is 17.5. The molecule has 0 fully saturated rings. The largest absolute Gasteiger partial charge is 0.322 e.